The third-order valence-corrected chi connectivity index (χ3v) is 4.06. The maximum Gasteiger partial charge on any atom is 0.103 e. The number of rotatable bonds is 0. The first-order valence-corrected chi connectivity index (χ1v) is 4.83. The van der Waals surface area contributed by atoms with Gasteiger partial charge >= 0.3 is 0 Å². The van der Waals surface area contributed by atoms with Crippen LogP contribution < -0.4 is 0 Å². The van der Waals surface area contributed by atoms with E-state index in [4.69, 9.17) is 5.21 Å². The van der Waals surface area contributed by atoms with Crippen LogP contribution in [0.5, 0.6) is 0 Å². The minimum atomic E-state index is -0.885. The number of oxime groups is 1. The first kappa shape index (κ1) is 9.00. The lowest BCUT2D eigenvalue weighted by molar-refractivity contribution is 0.0971. The van der Waals surface area contributed by atoms with Crippen molar-refractivity contribution in [1.29, 1.82) is 0 Å². The maximum absolute atomic E-state index is 9.97. The van der Waals surface area contributed by atoms with E-state index in [1.165, 1.54) is 0 Å². The number of hydrogen-bond acceptors (Lipinski definition) is 3. The molecule has 2 rings (SSSR count). The smallest absolute Gasteiger partial charge is 0.103 e. The Labute approximate surface area is 78.4 Å². The van der Waals surface area contributed by atoms with Gasteiger partial charge in [0.25, 0.3) is 0 Å². The maximum atomic E-state index is 9.97. The van der Waals surface area contributed by atoms with Gasteiger partial charge in [0, 0.05) is 0 Å². The Hall–Kier alpha value is -0.570. The lowest BCUT2D eigenvalue weighted by Gasteiger charge is -2.27. The van der Waals surface area contributed by atoms with Crippen LogP contribution >= 0.6 is 0 Å². The zero-order chi connectivity index (χ0) is 9.85. The SMILES string of the molecule is CC1(C)[C@@H]2C/C(=N\O)[C@@](C)(O)C[C@H]21. The van der Waals surface area contributed by atoms with E-state index in [1.807, 2.05) is 0 Å². The monoisotopic (exact) mass is 183 g/mol. The van der Waals surface area contributed by atoms with Gasteiger partial charge in [-0.15, -0.1) is 0 Å². The summed E-state index contributed by atoms with van der Waals surface area (Å²) in [5.74, 6) is 1.21. The molecule has 0 unspecified atom stereocenters. The van der Waals surface area contributed by atoms with Crippen LogP contribution in [0.3, 0.4) is 0 Å². The van der Waals surface area contributed by atoms with Crippen molar-refractivity contribution < 1.29 is 10.3 Å². The van der Waals surface area contributed by atoms with Crippen molar-refractivity contribution in [3.63, 3.8) is 0 Å². The fourth-order valence-corrected chi connectivity index (χ4v) is 2.79. The molecule has 0 aromatic rings. The van der Waals surface area contributed by atoms with Gasteiger partial charge in [-0.1, -0.05) is 19.0 Å². The minimum absolute atomic E-state index is 0.330. The molecule has 0 heterocycles. The molecule has 2 N–H and O–H groups in total. The molecule has 2 aliphatic carbocycles. The van der Waals surface area contributed by atoms with Crippen LogP contribution in [0.4, 0.5) is 0 Å². The number of nitrogens with zero attached hydrogens (tertiary/aromatic N) is 1. The van der Waals surface area contributed by atoms with Crippen LogP contribution in [0.15, 0.2) is 5.16 Å². The van der Waals surface area contributed by atoms with Crippen molar-refractivity contribution in [3.8, 4) is 0 Å². The van der Waals surface area contributed by atoms with E-state index in [1.54, 1.807) is 6.92 Å². The predicted molar refractivity (Wildman–Crippen MR) is 49.8 cm³/mol. The van der Waals surface area contributed by atoms with Crippen LogP contribution in [-0.4, -0.2) is 21.6 Å². The van der Waals surface area contributed by atoms with Crippen molar-refractivity contribution in [2.45, 2.75) is 39.2 Å². The van der Waals surface area contributed by atoms with E-state index in [0.717, 1.165) is 12.8 Å². The third-order valence-electron chi connectivity index (χ3n) is 4.06. The summed E-state index contributed by atoms with van der Waals surface area (Å²) in [6, 6.07) is 0. The molecule has 0 amide bonds. The summed E-state index contributed by atoms with van der Waals surface area (Å²) in [7, 11) is 0. The Bertz CT molecular complexity index is 268. The average Bonchev–Trinajstić information content (AvgIpc) is 2.50. The van der Waals surface area contributed by atoms with Gasteiger partial charge in [0.15, 0.2) is 0 Å². The Morgan fingerprint density at radius 2 is 1.92 bits per heavy atom. The van der Waals surface area contributed by atoms with Gasteiger partial charge in [-0.05, 0) is 37.0 Å². The second-order valence-electron chi connectivity index (χ2n) is 5.26. The molecule has 13 heavy (non-hydrogen) atoms. The van der Waals surface area contributed by atoms with Crippen LogP contribution in [0, 0.1) is 17.3 Å². The van der Waals surface area contributed by atoms with E-state index in [0.29, 0.717) is 23.0 Å². The highest BCUT2D eigenvalue weighted by Gasteiger charge is 2.63. The zero-order valence-corrected chi connectivity index (χ0v) is 8.41. The Morgan fingerprint density at radius 3 is 2.46 bits per heavy atom. The van der Waals surface area contributed by atoms with E-state index in [9.17, 15) is 5.11 Å². The molecule has 2 aliphatic rings. The van der Waals surface area contributed by atoms with Crippen molar-refractivity contribution in [1.82, 2.24) is 0 Å². The molecule has 0 aliphatic heterocycles. The molecule has 0 aromatic carbocycles. The molecule has 3 atom stereocenters. The Kier molecular flexibility index (Phi) is 1.57. The summed E-state index contributed by atoms with van der Waals surface area (Å²) in [5.41, 5.74) is -0.000509. The molecule has 0 bridgehead atoms. The molecule has 2 saturated carbocycles. The van der Waals surface area contributed by atoms with Crippen molar-refractivity contribution in [2.75, 3.05) is 0 Å². The minimum Gasteiger partial charge on any atom is -0.411 e. The first-order chi connectivity index (χ1) is 5.89. The van der Waals surface area contributed by atoms with Crippen LogP contribution in [0.2, 0.25) is 0 Å². The molecule has 3 nitrogen and oxygen atoms in total. The zero-order valence-electron chi connectivity index (χ0n) is 8.41. The summed E-state index contributed by atoms with van der Waals surface area (Å²) < 4.78 is 0. The van der Waals surface area contributed by atoms with Gasteiger partial charge in [0.2, 0.25) is 0 Å². The lowest BCUT2D eigenvalue weighted by atomic mass is 9.85. The highest BCUT2D eigenvalue weighted by molar-refractivity contribution is 5.93. The Balaban J connectivity index is 2.22. The van der Waals surface area contributed by atoms with E-state index in [-0.39, 0.29) is 0 Å². The molecule has 0 aromatic heterocycles. The van der Waals surface area contributed by atoms with E-state index >= 15 is 0 Å². The van der Waals surface area contributed by atoms with Crippen LogP contribution in [0.1, 0.15) is 33.6 Å². The van der Waals surface area contributed by atoms with E-state index < -0.39 is 5.60 Å². The molecule has 0 radical (unpaired) electrons. The summed E-state index contributed by atoms with van der Waals surface area (Å²) in [6.07, 6.45) is 1.49. The Morgan fingerprint density at radius 1 is 1.31 bits per heavy atom. The van der Waals surface area contributed by atoms with Gasteiger partial charge in [0.05, 0.1) is 5.71 Å². The van der Waals surface area contributed by atoms with E-state index in [2.05, 4.69) is 19.0 Å². The van der Waals surface area contributed by atoms with Crippen molar-refractivity contribution >= 4 is 5.71 Å². The molecule has 0 saturated heterocycles. The van der Waals surface area contributed by atoms with Gasteiger partial charge in [-0.25, -0.2) is 0 Å². The second-order valence-corrected chi connectivity index (χ2v) is 5.26. The van der Waals surface area contributed by atoms with Crippen molar-refractivity contribution in [2.24, 2.45) is 22.4 Å². The fourth-order valence-electron chi connectivity index (χ4n) is 2.79. The summed E-state index contributed by atoms with van der Waals surface area (Å²) >= 11 is 0. The summed E-state index contributed by atoms with van der Waals surface area (Å²) in [6.45, 7) is 6.18. The molecule has 2 fully saturated rings. The van der Waals surface area contributed by atoms with Crippen LogP contribution in [0.25, 0.3) is 0 Å². The molecular formula is C10H17NO2. The van der Waals surface area contributed by atoms with Crippen LogP contribution in [-0.2, 0) is 0 Å². The first-order valence-electron chi connectivity index (χ1n) is 4.83. The molecular weight excluding hydrogens is 166 g/mol. The topological polar surface area (TPSA) is 52.8 Å². The molecule has 0 spiro atoms. The third kappa shape index (κ3) is 1.10. The van der Waals surface area contributed by atoms with Gasteiger partial charge < -0.3 is 10.3 Å². The number of aliphatic hydroxyl groups is 1. The molecule has 74 valence electrons. The van der Waals surface area contributed by atoms with Gasteiger partial charge in [-0.2, -0.15) is 0 Å². The van der Waals surface area contributed by atoms with Crippen molar-refractivity contribution in [3.05, 3.63) is 0 Å². The number of hydrogen-bond donors (Lipinski definition) is 2. The fraction of sp³-hybridized carbons (Fsp3) is 0.900. The highest BCUT2D eigenvalue weighted by atomic mass is 16.4. The highest BCUT2D eigenvalue weighted by Crippen LogP contribution is 2.65. The quantitative estimate of drug-likeness (QED) is 0.443. The predicted octanol–water partition coefficient (Wildman–Crippen LogP) is 1.63. The number of fused-ring (bicyclic) bond motifs is 1. The normalized spacial score (nSPS) is 50.3. The molecule has 3 heteroatoms. The average molecular weight is 183 g/mol. The lowest BCUT2D eigenvalue weighted by Crippen LogP contribution is -2.39. The summed E-state index contributed by atoms with van der Waals surface area (Å²) in [4.78, 5) is 0. The second kappa shape index (κ2) is 2.27. The van der Waals surface area contributed by atoms with Gasteiger partial charge in [0.1, 0.15) is 5.60 Å². The van der Waals surface area contributed by atoms with Gasteiger partial charge in [-0.3, -0.25) is 0 Å². The summed E-state index contributed by atoms with van der Waals surface area (Å²) in [5, 5.41) is 21.9. The largest absolute Gasteiger partial charge is 0.411 e. The standard InChI is InChI=1S/C10H17NO2/c1-9(2)6-4-8(11-13)10(3,12)5-7(6)9/h6-7,12-13H,4-5H2,1-3H3/b11-8+/t6-,7-,10+/m1/s1.